The number of amides is 1. The Labute approximate surface area is 197 Å². The highest BCUT2D eigenvalue weighted by molar-refractivity contribution is 5.83. The number of β-amino-alcohol motifs (C(OH)–C–C–N with tert-alkyl or cyclic N) is 1. The van der Waals surface area contributed by atoms with Crippen LogP contribution in [0.15, 0.2) is 48.5 Å². The predicted octanol–water partition coefficient (Wildman–Crippen LogP) is 2.74. The van der Waals surface area contributed by atoms with Crippen LogP contribution in [0.5, 0.6) is 0 Å². The zero-order chi connectivity index (χ0) is 22.6. The zero-order valence-electron chi connectivity index (χ0n) is 19.5. The second kappa shape index (κ2) is 10.1. The van der Waals surface area contributed by atoms with Crippen molar-refractivity contribution in [1.82, 2.24) is 9.80 Å². The molecule has 2 fully saturated rings. The SMILES string of the molecule is O=C1CN(c2cccc(N3CCCCC3)c2)CCN1CC(O)CN1CCc2ccccc2C1. The Morgan fingerprint density at radius 3 is 2.30 bits per heavy atom. The number of carbonyl (C=O) groups excluding carboxylic acids is 1. The van der Waals surface area contributed by atoms with Crippen LogP contribution in [0.1, 0.15) is 30.4 Å². The van der Waals surface area contributed by atoms with Crippen molar-refractivity contribution in [3.8, 4) is 0 Å². The van der Waals surface area contributed by atoms with Crippen molar-refractivity contribution in [1.29, 1.82) is 0 Å². The molecule has 1 amide bonds. The number of piperidine rings is 1. The van der Waals surface area contributed by atoms with Gasteiger partial charge in [-0.2, -0.15) is 0 Å². The lowest BCUT2D eigenvalue weighted by Crippen LogP contribution is -2.53. The smallest absolute Gasteiger partial charge is 0.242 e. The van der Waals surface area contributed by atoms with Gasteiger partial charge >= 0.3 is 0 Å². The van der Waals surface area contributed by atoms with E-state index in [1.54, 1.807) is 0 Å². The Bertz CT molecular complexity index is 959. The number of aliphatic hydroxyl groups excluding tert-OH is 1. The van der Waals surface area contributed by atoms with Crippen molar-refractivity contribution < 1.29 is 9.90 Å². The number of rotatable bonds is 6. The quantitative estimate of drug-likeness (QED) is 0.737. The highest BCUT2D eigenvalue weighted by Crippen LogP contribution is 2.26. The van der Waals surface area contributed by atoms with Gasteiger partial charge in [0.25, 0.3) is 0 Å². The van der Waals surface area contributed by atoms with Crippen molar-refractivity contribution in [3.63, 3.8) is 0 Å². The van der Waals surface area contributed by atoms with Gasteiger partial charge in [0.2, 0.25) is 5.91 Å². The molecule has 3 aliphatic heterocycles. The minimum Gasteiger partial charge on any atom is -0.390 e. The Balaban J connectivity index is 1.13. The summed E-state index contributed by atoms with van der Waals surface area (Å²) in [5.41, 5.74) is 5.16. The highest BCUT2D eigenvalue weighted by Gasteiger charge is 2.27. The van der Waals surface area contributed by atoms with Gasteiger partial charge in [-0.05, 0) is 55.0 Å². The van der Waals surface area contributed by atoms with Gasteiger partial charge < -0.3 is 19.8 Å². The summed E-state index contributed by atoms with van der Waals surface area (Å²) in [6.07, 6.45) is 4.34. The molecule has 5 rings (SSSR count). The van der Waals surface area contributed by atoms with Crippen molar-refractivity contribution in [2.75, 3.05) is 62.2 Å². The molecule has 176 valence electrons. The van der Waals surface area contributed by atoms with E-state index in [-0.39, 0.29) is 5.91 Å². The minimum absolute atomic E-state index is 0.104. The van der Waals surface area contributed by atoms with Crippen LogP contribution < -0.4 is 9.80 Å². The molecule has 2 saturated heterocycles. The fourth-order valence-corrected chi connectivity index (χ4v) is 5.48. The van der Waals surface area contributed by atoms with Gasteiger partial charge in [0, 0.05) is 63.7 Å². The molecule has 33 heavy (non-hydrogen) atoms. The third-order valence-corrected chi connectivity index (χ3v) is 7.34. The Morgan fingerprint density at radius 2 is 1.52 bits per heavy atom. The normalized spacial score (nSPS) is 20.6. The van der Waals surface area contributed by atoms with Crippen molar-refractivity contribution >= 4 is 17.3 Å². The second-order valence-corrected chi connectivity index (χ2v) is 9.74. The van der Waals surface area contributed by atoms with E-state index in [1.165, 1.54) is 36.1 Å². The number of anilines is 2. The summed E-state index contributed by atoms with van der Waals surface area (Å²) in [5.74, 6) is 0.104. The number of fused-ring (bicyclic) bond motifs is 1. The van der Waals surface area contributed by atoms with E-state index in [2.05, 4.69) is 63.2 Å². The summed E-state index contributed by atoms with van der Waals surface area (Å²) in [6.45, 7) is 6.95. The lowest BCUT2D eigenvalue weighted by atomic mass is 10.00. The van der Waals surface area contributed by atoms with Crippen molar-refractivity contribution in [2.24, 2.45) is 0 Å². The molecule has 1 N–H and O–H groups in total. The van der Waals surface area contributed by atoms with Gasteiger partial charge in [-0.15, -0.1) is 0 Å². The molecular weight excluding hydrogens is 412 g/mol. The molecule has 0 saturated carbocycles. The number of piperazine rings is 1. The Hall–Kier alpha value is -2.57. The fourth-order valence-electron chi connectivity index (χ4n) is 5.48. The zero-order valence-corrected chi connectivity index (χ0v) is 19.5. The van der Waals surface area contributed by atoms with Crippen LogP contribution in [0, 0.1) is 0 Å². The monoisotopic (exact) mass is 448 g/mol. The van der Waals surface area contributed by atoms with Crippen molar-refractivity contribution in [2.45, 2.75) is 38.3 Å². The van der Waals surface area contributed by atoms with E-state index in [0.717, 1.165) is 44.8 Å². The molecule has 0 aliphatic carbocycles. The topological polar surface area (TPSA) is 50.3 Å². The molecule has 6 heteroatoms. The van der Waals surface area contributed by atoms with Gasteiger partial charge in [-0.1, -0.05) is 30.3 Å². The lowest BCUT2D eigenvalue weighted by molar-refractivity contribution is -0.132. The maximum absolute atomic E-state index is 12.9. The summed E-state index contributed by atoms with van der Waals surface area (Å²) >= 11 is 0. The molecule has 2 aromatic rings. The summed E-state index contributed by atoms with van der Waals surface area (Å²) in [4.78, 5) is 21.7. The molecule has 0 spiro atoms. The second-order valence-electron chi connectivity index (χ2n) is 9.74. The van der Waals surface area contributed by atoms with Crippen LogP contribution >= 0.6 is 0 Å². The van der Waals surface area contributed by atoms with E-state index >= 15 is 0 Å². The van der Waals surface area contributed by atoms with Gasteiger partial charge in [0.05, 0.1) is 12.6 Å². The standard InChI is InChI=1S/C27H36N4O2/c32-26(19-28-14-11-22-7-2-3-8-23(22)18-28)20-31-16-15-30(21-27(31)33)25-10-6-9-24(17-25)29-12-4-1-5-13-29/h2-3,6-10,17,26,32H,1,4-5,11-16,18-21H2. The molecule has 3 heterocycles. The average Bonchev–Trinajstić information content (AvgIpc) is 2.86. The van der Waals surface area contributed by atoms with Crippen LogP contribution in [-0.2, 0) is 17.8 Å². The van der Waals surface area contributed by atoms with E-state index < -0.39 is 6.10 Å². The number of carbonyl (C=O) groups is 1. The van der Waals surface area contributed by atoms with Gasteiger partial charge in [-0.25, -0.2) is 0 Å². The molecule has 2 aromatic carbocycles. The first-order valence-electron chi connectivity index (χ1n) is 12.5. The first-order chi connectivity index (χ1) is 16.2. The highest BCUT2D eigenvalue weighted by atomic mass is 16.3. The number of benzene rings is 2. The molecule has 6 nitrogen and oxygen atoms in total. The molecular formula is C27H36N4O2. The minimum atomic E-state index is -0.520. The maximum atomic E-state index is 12.9. The summed E-state index contributed by atoms with van der Waals surface area (Å²) in [7, 11) is 0. The Morgan fingerprint density at radius 1 is 0.758 bits per heavy atom. The number of nitrogens with zero attached hydrogens (tertiary/aromatic N) is 4. The van der Waals surface area contributed by atoms with Gasteiger partial charge in [0.1, 0.15) is 0 Å². The van der Waals surface area contributed by atoms with E-state index in [1.807, 2.05) is 4.90 Å². The lowest BCUT2D eigenvalue weighted by Gasteiger charge is -2.38. The van der Waals surface area contributed by atoms with Crippen LogP contribution in [0.4, 0.5) is 11.4 Å². The van der Waals surface area contributed by atoms with Crippen molar-refractivity contribution in [3.05, 3.63) is 59.7 Å². The van der Waals surface area contributed by atoms with E-state index in [0.29, 0.717) is 26.2 Å². The van der Waals surface area contributed by atoms with Crippen LogP contribution in [0.25, 0.3) is 0 Å². The number of aliphatic hydroxyl groups is 1. The molecule has 0 bridgehead atoms. The number of hydrogen-bond acceptors (Lipinski definition) is 5. The third kappa shape index (κ3) is 5.33. The largest absolute Gasteiger partial charge is 0.390 e. The molecule has 0 aromatic heterocycles. The molecule has 3 aliphatic rings. The third-order valence-electron chi connectivity index (χ3n) is 7.34. The number of hydrogen-bond donors (Lipinski definition) is 1. The van der Waals surface area contributed by atoms with E-state index in [9.17, 15) is 9.90 Å². The van der Waals surface area contributed by atoms with Gasteiger partial charge in [-0.3, -0.25) is 9.69 Å². The average molecular weight is 449 g/mol. The summed E-state index contributed by atoms with van der Waals surface area (Å²) in [5, 5.41) is 10.7. The van der Waals surface area contributed by atoms with Gasteiger partial charge in [0.15, 0.2) is 0 Å². The first kappa shape index (κ1) is 22.2. The molecule has 1 unspecified atom stereocenters. The van der Waals surface area contributed by atoms with Crippen LogP contribution in [0.3, 0.4) is 0 Å². The molecule has 1 atom stereocenters. The summed E-state index contributed by atoms with van der Waals surface area (Å²) < 4.78 is 0. The Kier molecular flexibility index (Phi) is 6.83. The van der Waals surface area contributed by atoms with Crippen LogP contribution in [-0.4, -0.2) is 79.3 Å². The summed E-state index contributed by atoms with van der Waals surface area (Å²) in [6, 6.07) is 17.2. The van der Waals surface area contributed by atoms with Crippen LogP contribution in [0.2, 0.25) is 0 Å². The predicted molar refractivity (Wildman–Crippen MR) is 133 cm³/mol. The maximum Gasteiger partial charge on any atom is 0.242 e. The molecule has 0 radical (unpaired) electrons. The van der Waals surface area contributed by atoms with E-state index in [4.69, 9.17) is 0 Å². The fraction of sp³-hybridized carbons (Fsp3) is 0.519. The first-order valence-corrected chi connectivity index (χ1v) is 12.5.